The van der Waals surface area contributed by atoms with Crippen molar-refractivity contribution in [2.24, 2.45) is 5.92 Å². The fourth-order valence-corrected chi connectivity index (χ4v) is 1.89. The van der Waals surface area contributed by atoms with Crippen molar-refractivity contribution in [2.45, 2.75) is 27.2 Å². The minimum atomic E-state index is -0.949. The molecule has 0 aromatic heterocycles. The zero-order chi connectivity index (χ0) is 15.1. The van der Waals surface area contributed by atoms with Crippen LogP contribution in [0.4, 0.5) is 5.69 Å². The molecule has 1 aromatic rings. The van der Waals surface area contributed by atoms with Gasteiger partial charge >= 0.3 is 11.9 Å². The zero-order valence-electron chi connectivity index (χ0n) is 12.1. The van der Waals surface area contributed by atoms with Gasteiger partial charge in [0.25, 0.3) is 0 Å². The Kier molecular flexibility index (Phi) is 6.03. The summed E-state index contributed by atoms with van der Waals surface area (Å²) < 4.78 is 9.89. The molecule has 0 aliphatic rings. The summed E-state index contributed by atoms with van der Waals surface area (Å²) in [4.78, 5) is 23.8. The van der Waals surface area contributed by atoms with Crippen molar-refractivity contribution < 1.29 is 19.1 Å². The number of benzene rings is 1. The molecule has 5 nitrogen and oxygen atoms in total. The summed E-state index contributed by atoms with van der Waals surface area (Å²) in [5.41, 5.74) is 8.18. The van der Waals surface area contributed by atoms with E-state index in [1.54, 1.807) is 26.0 Å². The van der Waals surface area contributed by atoms with Crippen LogP contribution in [0, 0.1) is 12.8 Å². The van der Waals surface area contributed by atoms with E-state index in [2.05, 4.69) is 0 Å². The first kappa shape index (κ1) is 16.0. The second-order valence-corrected chi connectivity index (χ2v) is 4.39. The Morgan fingerprint density at radius 1 is 1.15 bits per heavy atom. The highest BCUT2D eigenvalue weighted by molar-refractivity contribution is 5.95. The predicted molar refractivity (Wildman–Crippen MR) is 76.1 cm³/mol. The highest BCUT2D eigenvalue weighted by Crippen LogP contribution is 2.20. The summed E-state index contributed by atoms with van der Waals surface area (Å²) in [6.07, 6.45) is 0.231. The van der Waals surface area contributed by atoms with Crippen molar-refractivity contribution in [1.82, 2.24) is 0 Å². The Morgan fingerprint density at radius 2 is 1.70 bits per heavy atom. The molecule has 0 saturated heterocycles. The third-order valence-electron chi connectivity index (χ3n) is 3.05. The van der Waals surface area contributed by atoms with Crippen molar-refractivity contribution in [3.63, 3.8) is 0 Å². The highest BCUT2D eigenvalue weighted by atomic mass is 16.6. The first-order valence-electron chi connectivity index (χ1n) is 6.68. The second kappa shape index (κ2) is 7.53. The van der Waals surface area contributed by atoms with Gasteiger partial charge in [0.05, 0.1) is 13.2 Å². The monoisotopic (exact) mass is 279 g/mol. The van der Waals surface area contributed by atoms with Gasteiger partial charge in [-0.3, -0.25) is 9.59 Å². The van der Waals surface area contributed by atoms with Crippen LogP contribution in [0.1, 0.15) is 25.0 Å². The standard InChI is InChI=1S/C15H21NO4/c1-4-19-14(17)12(15(18)20-5-2)9-11-7-6-8-13(16)10(11)3/h6-8,12H,4-5,9,16H2,1-3H3. The largest absolute Gasteiger partial charge is 0.465 e. The fourth-order valence-electron chi connectivity index (χ4n) is 1.89. The van der Waals surface area contributed by atoms with E-state index in [1.807, 2.05) is 13.0 Å². The van der Waals surface area contributed by atoms with Gasteiger partial charge in [0.2, 0.25) is 0 Å². The van der Waals surface area contributed by atoms with E-state index in [9.17, 15) is 9.59 Å². The Bertz CT molecular complexity index is 467. The summed E-state index contributed by atoms with van der Waals surface area (Å²) in [7, 11) is 0. The molecule has 1 rings (SSSR count). The molecular weight excluding hydrogens is 258 g/mol. The van der Waals surface area contributed by atoms with E-state index in [0.29, 0.717) is 5.69 Å². The number of nitrogens with two attached hydrogens (primary N) is 1. The Labute approximate surface area is 119 Å². The number of hydrogen-bond donors (Lipinski definition) is 1. The average molecular weight is 279 g/mol. The lowest BCUT2D eigenvalue weighted by Crippen LogP contribution is -2.30. The third kappa shape index (κ3) is 3.98. The topological polar surface area (TPSA) is 78.6 Å². The summed E-state index contributed by atoms with van der Waals surface area (Å²) in [6, 6.07) is 5.42. The fraction of sp³-hybridized carbons (Fsp3) is 0.467. The number of rotatable bonds is 6. The molecule has 110 valence electrons. The molecule has 0 amide bonds. The lowest BCUT2D eigenvalue weighted by atomic mass is 9.95. The van der Waals surface area contributed by atoms with Gasteiger partial charge in [0, 0.05) is 5.69 Å². The van der Waals surface area contributed by atoms with Crippen LogP contribution in [-0.4, -0.2) is 25.2 Å². The number of ether oxygens (including phenoxy) is 2. The second-order valence-electron chi connectivity index (χ2n) is 4.39. The number of carbonyl (C=O) groups is 2. The highest BCUT2D eigenvalue weighted by Gasteiger charge is 2.30. The Morgan fingerprint density at radius 3 is 2.20 bits per heavy atom. The summed E-state index contributed by atoms with van der Waals surface area (Å²) >= 11 is 0. The maximum absolute atomic E-state index is 11.9. The molecule has 1 aromatic carbocycles. The van der Waals surface area contributed by atoms with Gasteiger partial charge in [-0.15, -0.1) is 0 Å². The van der Waals surface area contributed by atoms with Gasteiger partial charge in [-0.25, -0.2) is 0 Å². The van der Waals surface area contributed by atoms with Gasteiger partial charge in [0.15, 0.2) is 5.92 Å². The average Bonchev–Trinajstić information content (AvgIpc) is 2.40. The molecule has 0 aliphatic heterocycles. The molecule has 0 radical (unpaired) electrons. The molecule has 20 heavy (non-hydrogen) atoms. The number of carbonyl (C=O) groups excluding carboxylic acids is 2. The van der Waals surface area contributed by atoms with Crippen molar-refractivity contribution >= 4 is 17.6 Å². The smallest absolute Gasteiger partial charge is 0.320 e. The minimum absolute atomic E-state index is 0.227. The van der Waals surface area contributed by atoms with Gasteiger partial charge < -0.3 is 15.2 Å². The molecule has 0 spiro atoms. The predicted octanol–water partition coefficient (Wildman–Crippen LogP) is 1.86. The van der Waals surface area contributed by atoms with Crippen LogP contribution in [0.5, 0.6) is 0 Å². The lowest BCUT2D eigenvalue weighted by Gasteiger charge is -2.16. The molecule has 0 saturated carbocycles. The van der Waals surface area contributed by atoms with Crippen LogP contribution < -0.4 is 5.73 Å². The Hall–Kier alpha value is -2.04. The van der Waals surface area contributed by atoms with Gasteiger partial charge in [-0.1, -0.05) is 12.1 Å². The van der Waals surface area contributed by atoms with Crippen LogP contribution in [0.2, 0.25) is 0 Å². The first-order chi connectivity index (χ1) is 9.51. The van der Waals surface area contributed by atoms with Crippen molar-refractivity contribution in [3.8, 4) is 0 Å². The number of hydrogen-bond acceptors (Lipinski definition) is 5. The van der Waals surface area contributed by atoms with Crippen LogP contribution >= 0.6 is 0 Å². The maximum atomic E-state index is 11.9. The SMILES string of the molecule is CCOC(=O)C(Cc1cccc(N)c1C)C(=O)OCC. The quantitative estimate of drug-likeness (QED) is 0.488. The molecule has 5 heteroatoms. The number of nitrogen functional groups attached to an aromatic ring is 1. The van der Waals surface area contributed by atoms with E-state index in [-0.39, 0.29) is 19.6 Å². The normalized spacial score (nSPS) is 10.4. The zero-order valence-corrected chi connectivity index (χ0v) is 12.1. The third-order valence-corrected chi connectivity index (χ3v) is 3.05. The first-order valence-corrected chi connectivity index (χ1v) is 6.68. The lowest BCUT2D eigenvalue weighted by molar-refractivity contribution is -0.161. The van der Waals surface area contributed by atoms with E-state index >= 15 is 0 Å². The molecule has 0 heterocycles. The van der Waals surface area contributed by atoms with Gasteiger partial charge in [-0.2, -0.15) is 0 Å². The van der Waals surface area contributed by atoms with E-state index in [4.69, 9.17) is 15.2 Å². The molecule has 0 bridgehead atoms. The molecule has 0 unspecified atom stereocenters. The summed E-state index contributed by atoms with van der Waals surface area (Å²) in [5.74, 6) is -2.07. The van der Waals surface area contributed by atoms with E-state index in [1.165, 1.54) is 0 Å². The molecule has 0 fully saturated rings. The van der Waals surface area contributed by atoms with Gasteiger partial charge in [-0.05, 0) is 44.4 Å². The van der Waals surface area contributed by atoms with Crippen LogP contribution in [-0.2, 0) is 25.5 Å². The molecule has 0 atom stereocenters. The number of esters is 2. The summed E-state index contributed by atoms with van der Waals surface area (Å²) in [5, 5.41) is 0. The van der Waals surface area contributed by atoms with Gasteiger partial charge in [0.1, 0.15) is 0 Å². The molecular formula is C15H21NO4. The van der Waals surface area contributed by atoms with Crippen LogP contribution in [0.3, 0.4) is 0 Å². The minimum Gasteiger partial charge on any atom is -0.465 e. The Balaban J connectivity index is 2.96. The molecule has 2 N–H and O–H groups in total. The van der Waals surface area contributed by atoms with Crippen molar-refractivity contribution in [3.05, 3.63) is 29.3 Å². The summed E-state index contributed by atoms with van der Waals surface area (Å²) in [6.45, 7) is 5.71. The van der Waals surface area contributed by atoms with Crippen molar-refractivity contribution in [2.75, 3.05) is 18.9 Å². The molecule has 0 aliphatic carbocycles. The van der Waals surface area contributed by atoms with Crippen LogP contribution in [0.15, 0.2) is 18.2 Å². The number of anilines is 1. The van der Waals surface area contributed by atoms with E-state index < -0.39 is 17.9 Å². The maximum Gasteiger partial charge on any atom is 0.320 e. The van der Waals surface area contributed by atoms with E-state index in [0.717, 1.165) is 11.1 Å². The van der Waals surface area contributed by atoms with Crippen LogP contribution in [0.25, 0.3) is 0 Å². The van der Waals surface area contributed by atoms with Crippen molar-refractivity contribution in [1.29, 1.82) is 0 Å².